The number of carbonyl (C=O) groups is 1. The Labute approximate surface area is 99.8 Å². The van der Waals surface area contributed by atoms with Crippen molar-refractivity contribution in [3.05, 3.63) is 0 Å². The number of ketones is 1. The lowest BCUT2D eigenvalue weighted by Gasteiger charge is -2.12. The Morgan fingerprint density at radius 2 is 1.81 bits per heavy atom. The van der Waals surface area contributed by atoms with Gasteiger partial charge in [-0.1, -0.05) is 39.0 Å². The smallest absolute Gasteiger partial charge is 0.161 e. The zero-order valence-electron chi connectivity index (χ0n) is 10.8. The SMILES string of the molecule is CCCCCCCCC(=O)C(OC)C1CC1. The van der Waals surface area contributed by atoms with E-state index in [0.717, 1.165) is 12.8 Å². The van der Waals surface area contributed by atoms with E-state index in [1.54, 1.807) is 7.11 Å². The molecule has 0 aromatic rings. The topological polar surface area (TPSA) is 26.3 Å². The number of ether oxygens (including phenoxy) is 1. The summed E-state index contributed by atoms with van der Waals surface area (Å²) in [5.74, 6) is 0.873. The summed E-state index contributed by atoms with van der Waals surface area (Å²) in [5, 5.41) is 0. The highest BCUT2D eigenvalue weighted by Gasteiger charge is 2.35. The first-order chi connectivity index (χ1) is 7.79. The second-order valence-corrected chi connectivity index (χ2v) is 4.98. The number of hydrogen-bond acceptors (Lipinski definition) is 2. The average molecular weight is 226 g/mol. The number of hydrogen-bond donors (Lipinski definition) is 0. The maximum atomic E-state index is 11.8. The average Bonchev–Trinajstić information content (AvgIpc) is 3.08. The van der Waals surface area contributed by atoms with Gasteiger partial charge in [-0.3, -0.25) is 4.79 Å². The fourth-order valence-electron chi connectivity index (χ4n) is 2.21. The molecule has 0 radical (unpaired) electrons. The van der Waals surface area contributed by atoms with Crippen molar-refractivity contribution in [1.29, 1.82) is 0 Å². The number of unbranched alkanes of at least 4 members (excludes halogenated alkanes) is 5. The summed E-state index contributed by atoms with van der Waals surface area (Å²) < 4.78 is 5.28. The van der Waals surface area contributed by atoms with Crippen molar-refractivity contribution >= 4 is 5.78 Å². The normalized spacial score (nSPS) is 17.4. The van der Waals surface area contributed by atoms with Gasteiger partial charge < -0.3 is 4.74 Å². The van der Waals surface area contributed by atoms with Crippen LogP contribution in [0.15, 0.2) is 0 Å². The highest BCUT2D eigenvalue weighted by atomic mass is 16.5. The number of Topliss-reactive ketones (excluding diaryl/α,β-unsaturated/α-hetero) is 1. The summed E-state index contributed by atoms with van der Waals surface area (Å²) >= 11 is 0. The van der Waals surface area contributed by atoms with Gasteiger partial charge in [-0.05, 0) is 25.2 Å². The Morgan fingerprint density at radius 3 is 2.38 bits per heavy atom. The lowest BCUT2D eigenvalue weighted by Crippen LogP contribution is -2.24. The molecule has 1 unspecified atom stereocenters. The standard InChI is InChI=1S/C14H26O2/c1-3-4-5-6-7-8-9-13(15)14(16-2)12-10-11-12/h12,14H,3-11H2,1-2H3. The molecule has 1 aliphatic rings. The van der Waals surface area contributed by atoms with E-state index >= 15 is 0 Å². The molecule has 2 nitrogen and oxygen atoms in total. The van der Waals surface area contributed by atoms with Gasteiger partial charge in [0.05, 0.1) is 0 Å². The zero-order chi connectivity index (χ0) is 11.8. The van der Waals surface area contributed by atoms with Gasteiger partial charge in [0.15, 0.2) is 5.78 Å². The second-order valence-electron chi connectivity index (χ2n) is 4.98. The molecule has 94 valence electrons. The van der Waals surface area contributed by atoms with Gasteiger partial charge in [-0.15, -0.1) is 0 Å². The van der Waals surface area contributed by atoms with Crippen molar-refractivity contribution in [2.75, 3.05) is 7.11 Å². The predicted molar refractivity (Wildman–Crippen MR) is 66.5 cm³/mol. The molecule has 0 aromatic carbocycles. The van der Waals surface area contributed by atoms with Crippen molar-refractivity contribution < 1.29 is 9.53 Å². The molecule has 0 aliphatic heterocycles. The fraction of sp³-hybridized carbons (Fsp3) is 0.929. The minimum atomic E-state index is -0.0874. The summed E-state index contributed by atoms with van der Waals surface area (Å²) in [6, 6.07) is 0. The first-order valence-electron chi connectivity index (χ1n) is 6.85. The zero-order valence-corrected chi connectivity index (χ0v) is 10.8. The molecule has 0 saturated heterocycles. The van der Waals surface area contributed by atoms with Crippen LogP contribution in [0.5, 0.6) is 0 Å². The van der Waals surface area contributed by atoms with Crippen LogP contribution in [0.1, 0.15) is 64.7 Å². The van der Waals surface area contributed by atoms with Crippen LogP contribution in [0.4, 0.5) is 0 Å². The van der Waals surface area contributed by atoms with Crippen LogP contribution >= 0.6 is 0 Å². The predicted octanol–water partition coefficient (Wildman–Crippen LogP) is 3.73. The molecule has 0 amide bonds. The molecule has 0 aromatic heterocycles. The van der Waals surface area contributed by atoms with E-state index in [-0.39, 0.29) is 6.10 Å². The largest absolute Gasteiger partial charge is 0.373 e. The molecule has 2 heteroatoms. The summed E-state index contributed by atoms with van der Waals surface area (Å²) in [6.45, 7) is 2.22. The van der Waals surface area contributed by atoms with E-state index < -0.39 is 0 Å². The van der Waals surface area contributed by atoms with Gasteiger partial charge in [-0.2, -0.15) is 0 Å². The molecule has 1 atom stereocenters. The number of carbonyl (C=O) groups excluding carboxylic acids is 1. The fourth-order valence-corrected chi connectivity index (χ4v) is 2.21. The molecular weight excluding hydrogens is 200 g/mol. The first kappa shape index (κ1) is 13.7. The quantitative estimate of drug-likeness (QED) is 0.530. The summed E-state index contributed by atoms with van der Waals surface area (Å²) in [7, 11) is 1.67. The Hall–Kier alpha value is -0.370. The van der Waals surface area contributed by atoms with Gasteiger partial charge in [0.1, 0.15) is 6.10 Å². The third-order valence-electron chi connectivity index (χ3n) is 3.40. The van der Waals surface area contributed by atoms with E-state index in [1.807, 2.05) is 0 Å². The van der Waals surface area contributed by atoms with Gasteiger partial charge in [0.25, 0.3) is 0 Å². The molecular formula is C14H26O2. The van der Waals surface area contributed by atoms with Crippen LogP contribution in [0.25, 0.3) is 0 Å². The highest BCUT2D eigenvalue weighted by molar-refractivity contribution is 5.83. The van der Waals surface area contributed by atoms with Crippen LogP contribution in [0, 0.1) is 5.92 Å². The van der Waals surface area contributed by atoms with Crippen LogP contribution in [-0.4, -0.2) is 19.0 Å². The summed E-state index contributed by atoms with van der Waals surface area (Å²) in [4.78, 5) is 11.8. The Bertz CT molecular complexity index is 197. The Balaban J connectivity index is 2.00. The van der Waals surface area contributed by atoms with E-state index in [9.17, 15) is 4.79 Å². The first-order valence-corrected chi connectivity index (χ1v) is 6.85. The number of methoxy groups -OCH3 is 1. The van der Waals surface area contributed by atoms with E-state index in [2.05, 4.69) is 6.92 Å². The molecule has 16 heavy (non-hydrogen) atoms. The molecule has 0 heterocycles. The number of rotatable bonds is 10. The van der Waals surface area contributed by atoms with Crippen LogP contribution in [0.2, 0.25) is 0 Å². The van der Waals surface area contributed by atoms with Crippen molar-refractivity contribution in [3.63, 3.8) is 0 Å². The second kappa shape index (κ2) is 7.83. The Kier molecular flexibility index (Phi) is 6.70. The van der Waals surface area contributed by atoms with Crippen LogP contribution in [0.3, 0.4) is 0 Å². The molecule has 1 aliphatic carbocycles. The lowest BCUT2D eigenvalue weighted by atomic mass is 10.0. The minimum absolute atomic E-state index is 0.0874. The molecule has 0 spiro atoms. The Morgan fingerprint density at radius 1 is 1.19 bits per heavy atom. The van der Waals surface area contributed by atoms with Crippen LogP contribution < -0.4 is 0 Å². The van der Waals surface area contributed by atoms with Gasteiger partial charge in [-0.25, -0.2) is 0 Å². The molecule has 1 rings (SSSR count). The monoisotopic (exact) mass is 226 g/mol. The third-order valence-corrected chi connectivity index (χ3v) is 3.40. The van der Waals surface area contributed by atoms with Gasteiger partial charge >= 0.3 is 0 Å². The van der Waals surface area contributed by atoms with Crippen LogP contribution in [-0.2, 0) is 9.53 Å². The van der Waals surface area contributed by atoms with Gasteiger partial charge in [0.2, 0.25) is 0 Å². The van der Waals surface area contributed by atoms with E-state index in [4.69, 9.17) is 4.74 Å². The molecule has 1 fully saturated rings. The maximum absolute atomic E-state index is 11.8. The third kappa shape index (κ3) is 5.11. The summed E-state index contributed by atoms with van der Waals surface area (Å²) in [6.07, 6.45) is 10.5. The molecule has 0 bridgehead atoms. The van der Waals surface area contributed by atoms with Crippen molar-refractivity contribution in [3.8, 4) is 0 Å². The maximum Gasteiger partial charge on any atom is 0.161 e. The minimum Gasteiger partial charge on any atom is -0.373 e. The van der Waals surface area contributed by atoms with Crippen molar-refractivity contribution in [2.24, 2.45) is 5.92 Å². The summed E-state index contributed by atoms with van der Waals surface area (Å²) in [5.41, 5.74) is 0. The molecule has 0 N–H and O–H groups in total. The van der Waals surface area contributed by atoms with Crippen molar-refractivity contribution in [1.82, 2.24) is 0 Å². The van der Waals surface area contributed by atoms with Crippen molar-refractivity contribution in [2.45, 2.75) is 70.8 Å². The highest BCUT2D eigenvalue weighted by Crippen LogP contribution is 2.35. The molecule has 1 saturated carbocycles. The lowest BCUT2D eigenvalue weighted by molar-refractivity contribution is -0.130. The van der Waals surface area contributed by atoms with Gasteiger partial charge in [0, 0.05) is 13.5 Å². The van der Waals surface area contributed by atoms with E-state index in [1.165, 1.54) is 44.9 Å². The van der Waals surface area contributed by atoms with E-state index in [0.29, 0.717) is 11.7 Å².